The van der Waals surface area contributed by atoms with Crippen molar-refractivity contribution in [3.63, 3.8) is 0 Å². The Morgan fingerprint density at radius 2 is 2.04 bits per heavy atom. The highest BCUT2D eigenvalue weighted by molar-refractivity contribution is 7.92. The molecule has 1 aromatic rings. The number of carbonyl (C=O) groups excluding carboxylic acids is 1. The Bertz CT molecular complexity index is 877. The Hall–Kier alpha value is -2.20. The summed E-state index contributed by atoms with van der Waals surface area (Å²) in [6, 6.07) is 4.99. The molecule has 10 heteroatoms. The zero-order valence-corrected chi connectivity index (χ0v) is 15.9. The molecule has 2 atom stereocenters. The van der Waals surface area contributed by atoms with Crippen LogP contribution in [-0.4, -0.2) is 81.2 Å². The first-order chi connectivity index (χ1) is 12.5. The smallest absolute Gasteiger partial charge is 0.313 e. The van der Waals surface area contributed by atoms with Crippen molar-refractivity contribution in [1.82, 2.24) is 9.80 Å². The molecule has 2 saturated heterocycles. The molecular formula is C17H22FN3O5S. The highest BCUT2D eigenvalue weighted by Crippen LogP contribution is 2.42. The highest BCUT2D eigenvalue weighted by Gasteiger charge is 2.57. The molecule has 0 radical (unpaired) electrons. The number of nitrogens with zero attached hydrogens (tertiary/aromatic N) is 3. The number of aliphatic carboxylic acids is 1. The van der Waals surface area contributed by atoms with Crippen molar-refractivity contribution in [2.75, 3.05) is 50.3 Å². The van der Waals surface area contributed by atoms with Crippen molar-refractivity contribution < 1.29 is 27.5 Å². The second kappa shape index (κ2) is 6.75. The molecule has 2 fully saturated rings. The maximum absolute atomic E-state index is 13.5. The van der Waals surface area contributed by atoms with E-state index in [1.165, 1.54) is 23.1 Å². The van der Waals surface area contributed by atoms with E-state index in [1.54, 1.807) is 0 Å². The van der Waals surface area contributed by atoms with Crippen LogP contribution in [0.4, 0.5) is 10.1 Å². The summed E-state index contributed by atoms with van der Waals surface area (Å²) in [6.45, 7) is 0.708. The first-order valence-corrected chi connectivity index (χ1v) is 10.3. The zero-order valence-electron chi connectivity index (χ0n) is 15.1. The van der Waals surface area contributed by atoms with E-state index in [0.717, 1.165) is 16.6 Å². The monoisotopic (exact) mass is 399 g/mol. The Balaban J connectivity index is 1.81. The fraction of sp³-hybridized carbons (Fsp3) is 0.529. The molecule has 1 N–H and O–H groups in total. The molecule has 3 rings (SSSR count). The molecule has 0 spiro atoms. The van der Waals surface area contributed by atoms with Crippen molar-refractivity contribution in [3.8, 4) is 0 Å². The Morgan fingerprint density at radius 3 is 2.59 bits per heavy atom. The van der Waals surface area contributed by atoms with Crippen LogP contribution in [0.3, 0.4) is 0 Å². The van der Waals surface area contributed by atoms with E-state index in [9.17, 15) is 27.5 Å². The van der Waals surface area contributed by atoms with Gasteiger partial charge in [0.1, 0.15) is 17.8 Å². The lowest BCUT2D eigenvalue weighted by atomic mass is 9.81. The topological polar surface area (TPSA) is 98.2 Å². The van der Waals surface area contributed by atoms with Gasteiger partial charge >= 0.3 is 5.97 Å². The number of anilines is 1. The normalized spacial score (nSPS) is 25.4. The Labute approximate surface area is 157 Å². The third-order valence-corrected chi connectivity index (χ3v) is 6.47. The van der Waals surface area contributed by atoms with Crippen LogP contribution in [0, 0.1) is 17.2 Å². The van der Waals surface area contributed by atoms with Crippen molar-refractivity contribution >= 4 is 27.6 Å². The fourth-order valence-corrected chi connectivity index (χ4v) is 4.90. The lowest BCUT2D eigenvalue weighted by molar-refractivity contribution is -0.149. The van der Waals surface area contributed by atoms with Gasteiger partial charge in [-0.05, 0) is 25.2 Å². The lowest BCUT2D eigenvalue weighted by Crippen LogP contribution is -2.45. The van der Waals surface area contributed by atoms with E-state index >= 15 is 0 Å². The quantitative estimate of drug-likeness (QED) is 0.752. The number of carboxylic acids is 1. The van der Waals surface area contributed by atoms with Crippen LogP contribution in [0.2, 0.25) is 0 Å². The van der Waals surface area contributed by atoms with Gasteiger partial charge in [-0.3, -0.25) is 13.9 Å². The number of likely N-dealkylation sites (tertiary alicyclic amines) is 2. The summed E-state index contributed by atoms with van der Waals surface area (Å²) in [7, 11) is -1.99. The molecule has 2 aliphatic heterocycles. The van der Waals surface area contributed by atoms with Gasteiger partial charge in [0, 0.05) is 32.1 Å². The average Bonchev–Trinajstić information content (AvgIpc) is 3.05. The van der Waals surface area contributed by atoms with Crippen molar-refractivity contribution in [1.29, 1.82) is 0 Å². The van der Waals surface area contributed by atoms with Gasteiger partial charge in [0.25, 0.3) is 0 Å². The molecule has 1 aromatic carbocycles. The standard InChI is InChI=1S/C17H22FN3O5S/c1-19-7-12-8-20(11-17(12,10-19)16(23)24)15(22)9-21(27(2,25)26)14-5-3-4-13(18)6-14/h3-6,12H,7-11H2,1-2H3,(H,23,24)/t12-,17-/m0/s1. The summed E-state index contributed by atoms with van der Waals surface area (Å²) in [6.07, 6.45) is 0.942. The van der Waals surface area contributed by atoms with Gasteiger partial charge in [0.15, 0.2) is 0 Å². The van der Waals surface area contributed by atoms with Gasteiger partial charge in [0.2, 0.25) is 15.9 Å². The van der Waals surface area contributed by atoms with E-state index < -0.39 is 39.7 Å². The molecular weight excluding hydrogens is 377 g/mol. The van der Waals surface area contributed by atoms with Gasteiger partial charge in [0.05, 0.1) is 11.9 Å². The van der Waals surface area contributed by atoms with Gasteiger partial charge in [-0.25, -0.2) is 12.8 Å². The molecule has 0 aliphatic carbocycles. The average molecular weight is 399 g/mol. The molecule has 0 saturated carbocycles. The number of sulfonamides is 1. The number of amides is 1. The Morgan fingerprint density at radius 1 is 1.33 bits per heavy atom. The summed E-state index contributed by atoms with van der Waals surface area (Å²) < 4.78 is 38.6. The van der Waals surface area contributed by atoms with E-state index in [4.69, 9.17) is 0 Å². The second-order valence-electron chi connectivity index (χ2n) is 7.38. The van der Waals surface area contributed by atoms with E-state index in [2.05, 4.69) is 0 Å². The first kappa shape index (κ1) is 19.6. The number of hydrogen-bond acceptors (Lipinski definition) is 5. The Kier molecular flexibility index (Phi) is 4.89. The number of hydrogen-bond donors (Lipinski definition) is 1. The van der Waals surface area contributed by atoms with Crippen LogP contribution in [0.15, 0.2) is 24.3 Å². The summed E-state index contributed by atoms with van der Waals surface area (Å²) >= 11 is 0. The molecule has 148 valence electrons. The van der Waals surface area contributed by atoms with E-state index in [0.29, 0.717) is 13.1 Å². The number of benzene rings is 1. The summed E-state index contributed by atoms with van der Waals surface area (Å²) in [5, 5.41) is 9.70. The highest BCUT2D eigenvalue weighted by atomic mass is 32.2. The zero-order chi connectivity index (χ0) is 20.0. The minimum Gasteiger partial charge on any atom is -0.481 e. The summed E-state index contributed by atoms with van der Waals surface area (Å²) in [5.74, 6) is -2.26. The molecule has 27 heavy (non-hydrogen) atoms. The molecule has 0 aromatic heterocycles. The van der Waals surface area contributed by atoms with Crippen LogP contribution in [-0.2, 0) is 19.6 Å². The predicted octanol–water partition coefficient (Wildman–Crippen LogP) is 0.0665. The molecule has 0 unspecified atom stereocenters. The fourth-order valence-electron chi connectivity index (χ4n) is 4.06. The summed E-state index contributed by atoms with van der Waals surface area (Å²) in [5.41, 5.74) is -0.975. The minimum absolute atomic E-state index is 0.0386. The SMILES string of the molecule is CN1C[C@H]2CN(C(=O)CN(c3cccc(F)c3)S(C)(=O)=O)C[C@@]2(C(=O)O)C1. The molecule has 8 nitrogen and oxygen atoms in total. The molecule has 2 aliphatic rings. The number of halogens is 1. The van der Waals surface area contributed by atoms with Gasteiger partial charge in [-0.15, -0.1) is 0 Å². The second-order valence-corrected chi connectivity index (χ2v) is 9.29. The van der Waals surface area contributed by atoms with Crippen LogP contribution in [0.1, 0.15) is 0 Å². The number of rotatable bonds is 5. The van der Waals surface area contributed by atoms with Crippen molar-refractivity contribution in [3.05, 3.63) is 30.1 Å². The van der Waals surface area contributed by atoms with Crippen LogP contribution < -0.4 is 4.31 Å². The van der Waals surface area contributed by atoms with Gasteiger partial charge in [-0.1, -0.05) is 6.07 Å². The third kappa shape index (κ3) is 3.63. The van der Waals surface area contributed by atoms with E-state index in [-0.39, 0.29) is 24.7 Å². The predicted molar refractivity (Wildman–Crippen MR) is 96.2 cm³/mol. The first-order valence-electron chi connectivity index (χ1n) is 8.46. The van der Waals surface area contributed by atoms with Crippen LogP contribution in [0.25, 0.3) is 0 Å². The number of carbonyl (C=O) groups is 2. The molecule has 2 heterocycles. The van der Waals surface area contributed by atoms with Crippen molar-refractivity contribution in [2.45, 2.75) is 0 Å². The number of fused-ring (bicyclic) bond motifs is 1. The summed E-state index contributed by atoms with van der Waals surface area (Å²) in [4.78, 5) is 27.9. The lowest BCUT2D eigenvalue weighted by Gasteiger charge is -2.27. The largest absolute Gasteiger partial charge is 0.481 e. The minimum atomic E-state index is -3.82. The van der Waals surface area contributed by atoms with Crippen LogP contribution in [0.5, 0.6) is 0 Å². The van der Waals surface area contributed by atoms with Crippen LogP contribution >= 0.6 is 0 Å². The third-order valence-electron chi connectivity index (χ3n) is 5.33. The molecule has 1 amide bonds. The van der Waals surface area contributed by atoms with Gasteiger partial charge < -0.3 is 14.9 Å². The van der Waals surface area contributed by atoms with Gasteiger partial charge in [-0.2, -0.15) is 0 Å². The molecule has 0 bridgehead atoms. The van der Waals surface area contributed by atoms with Crippen molar-refractivity contribution in [2.24, 2.45) is 11.3 Å². The maximum Gasteiger partial charge on any atom is 0.313 e. The number of carboxylic acid groups (broad SMARTS) is 1. The maximum atomic E-state index is 13.5. The van der Waals surface area contributed by atoms with E-state index in [1.807, 2.05) is 11.9 Å².